The van der Waals surface area contributed by atoms with Crippen LogP contribution in [0, 0.1) is 18.4 Å². The number of benzene rings is 2. The maximum atomic E-state index is 13.5. The van der Waals surface area contributed by atoms with Crippen molar-refractivity contribution < 1.29 is 24.2 Å². The second-order valence-corrected chi connectivity index (χ2v) is 7.87. The Balaban J connectivity index is 1.67. The highest BCUT2D eigenvalue weighted by atomic mass is 16.5. The van der Waals surface area contributed by atoms with Gasteiger partial charge in [0, 0.05) is 0 Å². The third kappa shape index (κ3) is 2.12. The third-order valence-corrected chi connectivity index (χ3v) is 6.22. The van der Waals surface area contributed by atoms with E-state index in [1.807, 2.05) is 0 Å². The van der Waals surface area contributed by atoms with Gasteiger partial charge in [0.15, 0.2) is 5.69 Å². The maximum absolute atomic E-state index is 13.5. The van der Waals surface area contributed by atoms with Gasteiger partial charge in [0.2, 0.25) is 11.8 Å². The second-order valence-electron chi connectivity index (χ2n) is 7.87. The Kier molecular flexibility index (Phi) is 3.35. The van der Waals surface area contributed by atoms with Crippen LogP contribution in [0.25, 0.3) is 15.6 Å². The fourth-order valence-electron chi connectivity index (χ4n) is 5.10. The highest BCUT2D eigenvalue weighted by Crippen LogP contribution is 2.59. The summed E-state index contributed by atoms with van der Waals surface area (Å²) in [4.78, 5) is 43.0. The van der Waals surface area contributed by atoms with Crippen molar-refractivity contribution in [3.63, 3.8) is 0 Å². The quantitative estimate of drug-likeness (QED) is 0.496. The molecule has 5 rings (SSSR count). The molecule has 3 aliphatic rings. The summed E-state index contributed by atoms with van der Waals surface area (Å²) >= 11 is 0. The first kappa shape index (κ1) is 17.6. The van der Waals surface area contributed by atoms with Crippen molar-refractivity contribution in [1.29, 1.82) is 0 Å². The Bertz CT molecular complexity index is 1200. The third-order valence-electron chi connectivity index (χ3n) is 6.22. The molecular weight excluding hydrogens is 372 g/mol. The lowest BCUT2D eigenvalue weighted by atomic mass is 9.71. The smallest absolute Gasteiger partial charge is 0.306 e. The Morgan fingerprint density at radius 1 is 1.14 bits per heavy atom. The summed E-state index contributed by atoms with van der Waals surface area (Å²) in [5.41, 5.74) is -1.50. The van der Waals surface area contributed by atoms with Crippen molar-refractivity contribution in [2.45, 2.75) is 24.5 Å². The molecule has 2 saturated heterocycles. The van der Waals surface area contributed by atoms with Gasteiger partial charge in [-0.3, -0.25) is 14.4 Å². The molecule has 0 saturated carbocycles. The predicted octanol–water partition coefficient (Wildman–Crippen LogP) is 3.07. The normalized spacial score (nSPS) is 32.1. The van der Waals surface area contributed by atoms with Crippen molar-refractivity contribution >= 4 is 39.9 Å². The van der Waals surface area contributed by atoms with Gasteiger partial charge in [0.05, 0.1) is 36.1 Å². The summed E-state index contributed by atoms with van der Waals surface area (Å²) in [7, 11) is 0. The van der Waals surface area contributed by atoms with E-state index in [4.69, 9.17) is 11.3 Å². The molecule has 2 aromatic carbocycles. The zero-order valence-corrected chi connectivity index (χ0v) is 15.5. The number of amides is 2. The molecule has 2 bridgehead atoms. The van der Waals surface area contributed by atoms with Gasteiger partial charge < -0.3 is 9.84 Å². The second kappa shape index (κ2) is 5.52. The SMILES string of the molecule is [C-]#[N+]c1ccc(N2C(=O)[C@@H]3[C@H](C2=O)C2(C)C=CC3(CC(=O)O)O2)c2ccccc12. The topological polar surface area (TPSA) is 88.3 Å². The van der Waals surface area contributed by atoms with Crippen molar-refractivity contribution in [1.82, 2.24) is 0 Å². The van der Waals surface area contributed by atoms with Crippen LogP contribution in [0.3, 0.4) is 0 Å². The zero-order chi connectivity index (χ0) is 20.6. The van der Waals surface area contributed by atoms with Gasteiger partial charge >= 0.3 is 5.97 Å². The molecule has 0 radical (unpaired) electrons. The van der Waals surface area contributed by atoms with E-state index in [-0.39, 0.29) is 6.42 Å². The van der Waals surface area contributed by atoms with Crippen LogP contribution in [-0.4, -0.2) is 34.1 Å². The zero-order valence-electron chi connectivity index (χ0n) is 15.5. The molecule has 2 amide bonds. The molecule has 7 heteroatoms. The van der Waals surface area contributed by atoms with Gasteiger partial charge in [-0.05, 0) is 23.8 Å². The van der Waals surface area contributed by atoms with Crippen LogP contribution < -0.4 is 4.90 Å². The van der Waals surface area contributed by atoms with Crippen molar-refractivity contribution in [2.24, 2.45) is 11.8 Å². The van der Waals surface area contributed by atoms with Crippen molar-refractivity contribution in [3.05, 3.63) is 60.0 Å². The number of aliphatic carboxylic acids is 1. The van der Waals surface area contributed by atoms with Gasteiger partial charge in [-0.15, -0.1) is 0 Å². The molecular formula is C22H16N2O5. The highest BCUT2D eigenvalue weighted by Gasteiger charge is 2.72. The molecule has 2 aromatic rings. The lowest BCUT2D eigenvalue weighted by molar-refractivity contribution is -0.145. The summed E-state index contributed by atoms with van der Waals surface area (Å²) < 4.78 is 5.97. The lowest BCUT2D eigenvalue weighted by Gasteiger charge is -2.28. The van der Waals surface area contributed by atoms with Crippen LogP contribution in [0.2, 0.25) is 0 Å². The Hall–Kier alpha value is -3.50. The number of ether oxygens (including phenoxy) is 1. The predicted molar refractivity (Wildman–Crippen MR) is 103 cm³/mol. The molecule has 1 N–H and O–H groups in total. The van der Waals surface area contributed by atoms with E-state index >= 15 is 0 Å². The van der Waals surface area contributed by atoms with Gasteiger partial charge in [-0.25, -0.2) is 9.74 Å². The van der Waals surface area contributed by atoms with Crippen molar-refractivity contribution in [3.8, 4) is 0 Å². The average Bonchev–Trinajstić information content (AvgIpc) is 3.25. The molecule has 7 nitrogen and oxygen atoms in total. The van der Waals surface area contributed by atoms with Crippen LogP contribution >= 0.6 is 0 Å². The molecule has 0 spiro atoms. The molecule has 0 aromatic heterocycles. The first-order valence-corrected chi connectivity index (χ1v) is 9.21. The van der Waals surface area contributed by atoms with E-state index in [1.54, 1.807) is 55.5 Å². The number of carbonyl (C=O) groups is 3. The lowest BCUT2D eigenvalue weighted by Crippen LogP contribution is -2.42. The molecule has 144 valence electrons. The fraction of sp³-hybridized carbons (Fsp3) is 0.273. The number of hydrogen-bond donors (Lipinski definition) is 1. The summed E-state index contributed by atoms with van der Waals surface area (Å²) in [5.74, 6) is -3.63. The first-order valence-electron chi connectivity index (χ1n) is 9.21. The minimum atomic E-state index is -1.32. The van der Waals surface area contributed by atoms with Crippen LogP contribution in [0.4, 0.5) is 11.4 Å². The summed E-state index contributed by atoms with van der Waals surface area (Å²) in [6.07, 6.45) is 2.94. The highest BCUT2D eigenvalue weighted by molar-refractivity contribution is 6.26. The minimum Gasteiger partial charge on any atom is -0.481 e. The van der Waals surface area contributed by atoms with Crippen molar-refractivity contribution in [2.75, 3.05) is 4.90 Å². The summed E-state index contributed by atoms with van der Waals surface area (Å²) in [6.45, 7) is 9.08. The fourth-order valence-corrected chi connectivity index (χ4v) is 5.10. The van der Waals surface area contributed by atoms with Crippen LogP contribution in [0.15, 0.2) is 48.6 Å². The van der Waals surface area contributed by atoms with Gasteiger partial charge in [-0.1, -0.05) is 42.5 Å². The van der Waals surface area contributed by atoms with E-state index in [9.17, 15) is 19.5 Å². The molecule has 29 heavy (non-hydrogen) atoms. The number of fused-ring (bicyclic) bond motifs is 6. The summed E-state index contributed by atoms with van der Waals surface area (Å²) in [6, 6.07) is 10.3. The Morgan fingerprint density at radius 3 is 2.52 bits per heavy atom. The number of rotatable bonds is 3. The molecule has 3 aliphatic heterocycles. The Morgan fingerprint density at radius 2 is 1.83 bits per heavy atom. The van der Waals surface area contributed by atoms with E-state index < -0.39 is 40.8 Å². The monoisotopic (exact) mass is 388 g/mol. The van der Waals surface area contributed by atoms with Crippen LogP contribution in [0.5, 0.6) is 0 Å². The van der Waals surface area contributed by atoms with E-state index in [2.05, 4.69) is 4.85 Å². The largest absolute Gasteiger partial charge is 0.481 e. The number of carboxylic acid groups (broad SMARTS) is 1. The number of imide groups is 1. The number of carboxylic acids is 1. The van der Waals surface area contributed by atoms with Crippen LogP contribution in [-0.2, 0) is 19.1 Å². The van der Waals surface area contributed by atoms with Gasteiger partial charge in [0.1, 0.15) is 5.60 Å². The molecule has 4 atom stereocenters. The average molecular weight is 388 g/mol. The number of carbonyl (C=O) groups excluding carboxylic acids is 2. The Labute approximate surface area is 166 Å². The van der Waals surface area contributed by atoms with Gasteiger partial charge in [0.25, 0.3) is 0 Å². The standard InChI is InChI=1S/C22H16N2O5/c1-21-9-10-22(29-21,11-16(25)26)18-17(21)19(27)24(20(18)28)15-8-7-14(23-2)12-5-3-4-6-13(12)15/h3-10,17-18H,11H2,1H3,(H,25,26)/t17-,18+,21?,22?/m1/s1. The minimum absolute atomic E-state index is 0.384. The summed E-state index contributed by atoms with van der Waals surface area (Å²) in [5, 5.41) is 10.7. The van der Waals surface area contributed by atoms with Crippen LogP contribution in [0.1, 0.15) is 13.3 Å². The number of anilines is 1. The molecule has 3 heterocycles. The molecule has 2 fully saturated rings. The number of nitrogens with zero attached hydrogens (tertiary/aromatic N) is 2. The van der Waals surface area contributed by atoms with E-state index in [0.29, 0.717) is 22.1 Å². The first-order chi connectivity index (χ1) is 13.8. The maximum Gasteiger partial charge on any atom is 0.306 e. The van der Waals surface area contributed by atoms with E-state index in [0.717, 1.165) is 4.90 Å². The molecule has 0 aliphatic carbocycles. The molecule has 2 unspecified atom stereocenters. The van der Waals surface area contributed by atoms with E-state index in [1.165, 1.54) is 0 Å². The number of hydrogen-bond acceptors (Lipinski definition) is 4. The van der Waals surface area contributed by atoms with Gasteiger partial charge in [-0.2, -0.15) is 0 Å².